The topological polar surface area (TPSA) is 51.5 Å². The summed E-state index contributed by atoms with van der Waals surface area (Å²) in [5.74, 6) is -1.56. The van der Waals surface area contributed by atoms with Crippen LogP contribution < -0.4 is 0 Å². The van der Waals surface area contributed by atoms with Crippen LogP contribution in [0.3, 0.4) is 0 Å². The zero-order valence-corrected chi connectivity index (χ0v) is 9.41. The molecule has 0 aromatic carbocycles. The SMILES string of the molecule is O=C(O)c1ccn(C2CCOCC2)c1C(F)(F)F. The minimum Gasteiger partial charge on any atom is -0.478 e. The number of ether oxygens (including phenoxy) is 1. The van der Waals surface area contributed by atoms with E-state index in [1.54, 1.807) is 0 Å². The summed E-state index contributed by atoms with van der Waals surface area (Å²) in [4.78, 5) is 10.8. The van der Waals surface area contributed by atoms with Gasteiger partial charge in [-0.2, -0.15) is 13.2 Å². The Morgan fingerprint density at radius 3 is 2.50 bits per heavy atom. The van der Waals surface area contributed by atoms with Gasteiger partial charge in [-0.25, -0.2) is 4.79 Å². The first kappa shape index (κ1) is 12.9. The van der Waals surface area contributed by atoms with E-state index in [2.05, 4.69) is 0 Å². The van der Waals surface area contributed by atoms with Crippen molar-refractivity contribution in [1.29, 1.82) is 0 Å². The van der Waals surface area contributed by atoms with Crippen LogP contribution in [0, 0.1) is 0 Å². The molecule has 1 N–H and O–H groups in total. The van der Waals surface area contributed by atoms with Crippen LogP contribution in [0.2, 0.25) is 0 Å². The Bertz CT molecular complexity index is 447. The third-order valence-corrected chi connectivity index (χ3v) is 3.00. The van der Waals surface area contributed by atoms with Crippen LogP contribution in [-0.4, -0.2) is 28.9 Å². The van der Waals surface area contributed by atoms with Crippen LogP contribution in [0.25, 0.3) is 0 Å². The van der Waals surface area contributed by atoms with E-state index in [1.807, 2.05) is 0 Å². The fraction of sp³-hybridized carbons (Fsp3) is 0.545. The van der Waals surface area contributed by atoms with E-state index in [4.69, 9.17) is 9.84 Å². The maximum atomic E-state index is 12.9. The Kier molecular flexibility index (Phi) is 3.34. The highest BCUT2D eigenvalue weighted by atomic mass is 19.4. The minimum atomic E-state index is -4.67. The van der Waals surface area contributed by atoms with E-state index in [1.165, 1.54) is 6.20 Å². The van der Waals surface area contributed by atoms with Crippen molar-refractivity contribution in [1.82, 2.24) is 4.57 Å². The van der Waals surface area contributed by atoms with Crippen LogP contribution in [0.15, 0.2) is 12.3 Å². The molecule has 0 atom stereocenters. The summed E-state index contributed by atoms with van der Waals surface area (Å²) < 4.78 is 44.9. The third kappa shape index (κ3) is 2.35. The van der Waals surface area contributed by atoms with Crippen LogP contribution in [0.5, 0.6) is 0 Å². The fourth-order valence-corrected chi connectivity index (χ4v) is 2.19. The number of aromatic nitrogens is 1. The molecule has 2 rings (SSSR count). The number of carboxylic acid groups (broad SMARTS) is 1. The van der Waals surface area contributed by atoms with Gasteiger partial charge in [0.05, 0.1) is 5.56 Å². The molecule has 0 amide bonds. The van der Waals surface area contributed by atoms with Gasteiger partial charge in [0.25, 0.3) is 0 Å². The summed E-state index contributed by atoms with van der Waals surface area (Å²) >= 11 is 0. The largest absolute Gasteiger partial charge is 0.478 e. The van der Waals surface area contributed by atoms with Gasteiger partial charge in [-0.15, -0.1) is 0 Å². The number of halogens is 3. The van der Waals surface area contributed by atoms with Crippen molar-refractivity contribution in [2.45, 2.75) is 25.1 Å². The van der Waals surface area contributed by atoms with E-state index < -0.39 is 23.4 Å². The van der Waals surface area contributed by atoms with Crippen molar-refractivity contribution in [3.8, 4) is 0 Å². The lowest BCUT2D eigenvalue weighted by Gasteiger charge is -2.26. The molecule has 2 heterocycles. The van der Waals surface area contributed by atoms with E-state index >= 15 is 0 Å². The molecule has 1 saturated heterocycles. The second-order valence-corrected chi connectivity index (χ2v) is 4.13. The molecule has 100 valence electrons. The van der Waals surface area contributed by atoms with Crippen molar-refractivity contribution in [2.75, 3.05) is 13.2 Å². The van der Waals surface area contributed by atoms with E-state index in [9.17, 15) is 18.0 Å². The summed E-state index contributed by atoms with van der Waals surface area (Å²) in [6, 6.07) is 0.643. The second-order valence-electron chi connectivity index (χ2n) is 4.13. The summed E-state index contributed by atoms with van der Waals surface area (Å²) in [6.45, 7) is 0.783. The highest BCUT2D eigenvalue weighted by Crippen LogP contribution is 2.36. The molecular weight excluding hydrogens is 251 g/mol. The number of alkyl halides is 3. The minimum absolute atomic E-state index is 0.358. The Morgan fingerprint density at radius 1 is 1.39 bits per heavy atom. The summed E-state index contributed by atoms with van der Waals surface area (Å²) in [7, 11) is 0. The molecule has 0 spiro atoms. The quantitative estimate of drug-likeness (QED) is 0.892. The lowest BCUT2D eigenvalue weighted by Crippen LogP contribution is -2.25. The number of hydrogen-bond acceptors (Lipinski definition) is 2. The molecule has 1 aromatic heterocycles. The van der Waals surface area contributed by atoms with Crippen molar-refractivity contribution < 1.29 is 27.8 Å². The molecule has 0 aliphatic carbocycles. The predicted molar refractivity (Wildman–Crippen MR) is 55.5 cm³/mol. The van der Waals surface area contributed by atoms with Gasteiger partial charge in [0.2, 0.25) is 0 Å². The molecule has 0 unspecified atom stereocenters. The van der Waals surface area contributed by atoms with Gasteiger partial charge in [0, 0.05) is 25.5 Å². The highest BCUT2D eigenvalue weighted by molar-refractivity contribution is 5.89. The average molecular weight is 263 g/mol. The lowest BCUT2D eigenvalue weighted by molar-refractivity contribution is -0.145. The smallest absolute Gasteiger partial charge is 0.432 e. The van der Waals surface area contributed by atoms with Crippen LogP contribution in [0.1, 0.15) is 34.9 Å². The summed E-state index contributed by atoms with van der Waals surface area (Å²) in [5.41, 5.74) is -1.78. The number of nitrogens with zero attached hydrogens (tertiary/aromatic N) is 1. The lowest BCUT2D eigenvalue weighted by atomic mass is 10.1. The molecule has 0 bridgehead atoms. The molecule has 1 aliphatic rings. The van der Waals surface area contributed by atoms with Gasteiger partial charge in [0.1, 0.15) is 5.69 Å². The van der Waals surface area contributed by atoms with Crippen molar-refractivity contribution >= 4 is 5.97 Å². The van der Waals surface area contributed by atoms with Crippen molar-refractivity contribution in [2.24, 2.45) is 0 Å². The third-order valence-electron chi connectivity index (χ3n) is 3.00. The standard InChI is InChI=1S/C11H12F3NO3/c12-11(13,14)9-8(10(16)17)1-4-15(9)7-2-5-18-6-3-7/h1,4,7H,2-3,5-6H2,(H,16,17). The predicted octanol–water partition coefficient (Wildman–Crippen LogP) is 2.56. The monoisotopic (exact) mass is 263 g/mol. The molecule has 1 aromatic rings. The molecule has 1 fully saturated rings. The number of hydrogen-bond donors (Lipinski definition) is 1. The van der Waals surface area contributed by atoms with Gasteiger partial charge in [-0.1, -0.05) is 0 Å². The molecule has 1 aliphatic heterocycles. The van der Waals surface area contributed by atoms with E-state index in [0.717, 1.165) is 10.6 Å². The van der Waals surface area contributed by atoms with Crippen molar-refractivity contribution in [3.63, 3.8) is 0 Å². The van der Waals surface area contributed by atoms with Gasteiger partial charge >= 0.3 is 12.1 Å². The highest BCUT2D eigenvalue weighted by Gasteiger charge is 2.40. The molecule has 0 radical (unpaired) electrons. The van der Waals surface area contributed by atoms with Gasteiger partial charge in [-0.3, -0.25) is 0 Å². The number of aromatic carboxylic acids is 1. The number of rotatable bonds is 2. The number of carboxylic acids is 1. The van der Waals surface area contributed by atoms with Gasteiger partial charge < -0.3 is 14.4 Å². The van der Waals surface area contributed by atoms with E-state index in [-0.39, 0.29) is 6.04 Å². The Hall–Kier alpha value is -1.50. The first-order valence-corrected chi connectivity index (χ1v) is 5.50. The Labute approximate surface area is 101 Å². The molecule has 0 saturated carbocycles. The summed E-state index contributed by atoms with van der Waals surface area (Å²) in [5, 5.41) is 8.80. The fourth-order valence-electron chi connectivity index (χ4n) is 2.19. The molecular formula is C11H12F3NO3. The molecule has 18 heavy (non-hydrogen) atoms. The average Bonchev–Trinajstić information content (AvgIpc) is 2.74. The van der Waals surface area contributed by atoms with Crippen LogP contribution in [-0.2, 0) is 10.9 Å². The molecule has 4 nitrogen and oxygen atoms in total. The van der Waals surface area contributed by atoms with Gasteiger partial charge in [-0.05, 0) is 18.9 Å². The van der Waals surface area contributed by atoms with Crippen molar-refractivity contribution in [3.05, 3.63) is 23.5 Å². The Balaban J connectivity index is 2.44. The Morgan fingerprint density at radius 2 is 2.00 bits per heavy atom. The summed E-state index contributed by atoms with van der Waals surface area (Å²) in [6.07, 6.45) is -2.56. The van der Waals surface area contributed by atoms with Crippen LogP contribution in [0.4, 0.5) is 13.2 Å². The van der Waals surface area contributed by atoms with Crippen LogP contribution >= 0.6 is 0 Å². The molecule has 7 heteroatoms. The zero-order valence-electron chi connectivity index (χ0n) is 9.41. The maximum absolute atomic E-state index is 12.9. The zero-order chi connectivity index (χ0) is 13.3. The first-order valence-electron chi connectivity index (χ1n) is 5.50. The normalized spacial score (nSPS) is 17.9. The maximum Gasteiger partial charge on any atom is 0.432 e. The second kappa shape index (κ2) is 4.64. The first-order chi connectivity index (χ1) is 8.41. The number of carbonyl (C=O) groups is 1. The van der Waals surface area contributed by atoms with Gasteiger partial charge in [0.15, 0.2) is 0 Å². The van der Waals surface area contributed by atoms with E-state index in [0.29, 0.717) is 26.1 Å².